The minimum Gasteiger partial charge on any atom is -0.369 e. The van der Waals surface area contributed by atoms with Crippen molar-refractivity contribution in [3.8, 4) is 0 Å². The van der Waals surface area contributed by atoms with E-state index in [1.165, 1.54) is 5.56 Å². The average molecular weight is 246 g/mol. The molecular weight excluding hydrogens is 224 g/mol. The first-order valence-electron chi connectivity index (χ1n) is 6.60. The minimum atomic E-state index is 0.614. The molecule has 0 fully saturated rings. The van der Waals surface area contributed by atoms with Crippen molar-refractivity contribution in [3.05, 3.63) is 23.8 Å². The predicted molar refractivity (Wildman–Crippen MR) is 76.7 cm³/mol. The fourth-order valence-corrected chi connectivity index (χ4v) is 2.27. The summed E-state index contributed by atoms with van der Waals surface area (Å²) in [6.07, 6.45) is 0. The molecule has 2 aromatic rings. The third-order valence-corrected chi connectivity index (χ3v) is 3.47. The van der Waals surface area contributed by atoms with Gasteiger partial charge in [0, 0.05) is 13.1 Å². The first kappa shape index (κ1) is 12.9. The van der Waals surface area contributed by atoms with Gasteiger partial charge >= 0.3 is 0 Å². The molecule has 0 saturated carbocycles. The number of aromatic nitrogens is 2. The van der Waals surface area contributed by atoms with Crippen LogP contribution in [0.5, 0.6) is 0 Å². The van der Waals surface area contributed by atoms with Gasteiger partial charge in [-0.1, -0.05) is 19.9 Å². The molecule has 0 aliphatic carbocycles. The van der Waals surface area contributed by atoms with Crippen molar-refractivity contribution in [2.75, 3.05) is 25.4 Å². The molecule has 1 heterocycles. The summed E-state index contributed by atoms with van der Waals surface area (Å²) in [4.78, 5) is 6.81. The Kier molecular flexibility index (Phi) is 3.87. The Labute approximate surface area is 108 Å². The van der Waals surface area contributed by atoms with Crippen LogP contribution in [0.3, 0.4) is 0 Å². The lowest BCUT2D eigenvalue weighted by Gasteiger charge is -2.18. The van der Waals surface area contributed by atoms with E-state index in [9.17, 15) is 0 Å². The lowest BCUT2D eigenvalue weighted by Crippen LogP contribution is -2.27. The molecule has 0 aliphatic heterocycles. The Morgan fingerprint density at radius 3 is 2.67 bits per heavy atom. The summed E-state index contributed by atoms with van der Waals surface area (Å²) in [5, 5.41) is 0. The molecule has 0 bridgehead atoms. The molecule has 0 aliphatic rings. The Morgan fingerprint density at radius 1 is 1.28 bits per heavy atom. The minimum absolute atomic E-state index is 0.614. The third-order valence-electron chi connectivity index (χ3n) is 3.47. The fourth-order valence-electron chi connectivity index (χ4n) is 2.27. The van der Waals surface area contributed by atoms with Gasteiger partial charge in [-0.25, -0.2) is 4.98 Å². The quantitative estimate of drug-likeness (QED) is 0.880. The molecule has 2 N–H and O–H groups in total. The maximum absolute atomic E-state index is 6.01. The molecule has 1 aromatic heterocycles. The molecule has 0 radical (unpaired) electrons. The van der Waals surface area contributed by atoms with Crippen LogP contribution in [0.25, 0.3) is 11.0 Å². The smallest absolute Gasteiger partial charge is 0.201 e. The van der Waals surface area contributed by atoms with Crippen molar-refractivity contribution in [2.24, 2.45) is 0 Å². The van der Waals surface area contributed by atoms with E-state index in [-0.39, 0.29) is 0 Å². The maximum atomic E-state index is 6.01. The van der Waals surface area contributed by atoms with Gasteiger partial charge in [-0.05, 0) is 37.7 Å². The maximum Gasteiger partial charge on any atom is 0.201 e. The average Bonchev–Trinajstić information content (AvgIpc) is 2.66. The van der Waals surface area contributed by atoms with Gasteiger partial charge in [0.1, 0.15) is 0 Å². The predicted octanol–water partition coefficient (Wildman–Crippen LogP) is 2.27. The zero-order chi connectivity index (χ0) is 13.1. The summed E-state index contributed by atoms with van der Waals surface area (Å²) in [5.41, 5.74) is 9.35. The summed E-state index contributed by atoms with van der Waals surface area (Å²) < 4.78 is 2.10. The molecule has 0 unspecified atom stereocenters. The zero-order valence-electron chi connectivity index (χ0n) is 11.5. The Morgan fingerprint density at radius 2 is 2.00 bits per heavy atom. The van der Waals surface area contributed by atoms with E-state index < -0.39 is 0 Å². The SMILES string of the molecule is CCN(CC)CCn1c(N)nc2cc(C)ccc21. The van der Waals surface area contributed by atoms with Gasteiger partial charge < -0.3 is 15.2 Å². The van der Waals surface area contributed by atoms with E-state index in [1.54, 1.807) is 0 Å². The lowest BCUT2D eigenvalue weighted by molar-refractivity contribution is 0.292. The van der Waals surface area contributed by atoms with Crippen LogP contribution in [-0.2, 0) is 6.54 Å². The van der Waals surface area contributed by atoms with Crippen molar-refractivity contribution < 1.29 is 0 Å². The highest BCUT2D eigenvalue weighted by Gasteiger charge is 2.09. The second kappa shape index (κ2) is 5.40. The number of rotatable bonds is 5. The van der Waals surface area contributed by atoms with Crippen LogP contribution in [0.4, 0.5) is 5.95 Å². The topological polar surface area (TPSA) is 47.1 Å². The summed E-state index contributed by atoms with van der Waals surface area (Å²) in [6.45, 7) is 10.5. The number of anilines is 1. The number of hydrogen-bond donors (Lipinski definition) is 1. The van der Waals surface area contributed by atoms with Gasteiger partial charge in [-0.2, -0.15) is 0 Å². The first-order chi connectivity index (χ1) is 8.65. The van der Waals surface area contributed by atoms with Gasteiger partial charge in [-0.15, -0.1) is 0 Å². The number of benzene rings is 1. The summed E-state index contributed by atoms with van der Waals surface area (Å²) in [6, 6.07) is 6.30. The first-order valence-corrected chi connectivity index (χ1v) is 6.60. The van der Waals surface area contributed by atoms with Crippen molar-refractivity contribution in [2.45, 2.75) is 27.3 Å². The number of likely N-dealkylation sites (N-methyl/N-ethyl adjacent to an activating group) is 1. The summed E-state index contributed by atoms with van der Waals surface area (Å²) >= 11 is 0. The van der Waals surface area contributed by atoms with E-state index in [0.717, 1.165) is 37.2 Å². The second-order valence-corrected chi connectivity index (χ2v) is 4.64. The van der Waals surface area contributed by atoms with Crippen LogP contribution in [0.2, 0.25) is 0 Å². The Bertz CT molecular complexity index is 526. The lowest BCUT2D eigenvalue weighted by atomic mass is 10.2. The molecule has 0 atom stereocenters. The number of nitrogens with two attached hydrogens (primary N) is 1. The van der Waals surface area contributed by atoms with Crippen molar-refractivity contribution >= 4 is 17.0 Å². The third kappa shape index (κ3) is 2.48. The number of nitrogens with zero attached hydrogens (tertiary/aromatic N) is 3. The molecule has 1 aromatic carbocycles. The molecule has 0 saturated heterocycles. The molecule has 4 heteroatoms. The highest BCUT2D eigenvalue weighted by molar-refractivity contribution is 5.79. The number of aryl methyl sites for hydroxylation is 1. The Hall–Kier alpha value is -1.55. The van der Waals surface area contributed by atoms with Crippen LogP contribution < -0.4 is 5.73 Å². The highest BCUT2D eigenvalue weighted by atomic mass is 15.2. The van der Waals surface area contributed by atoms with Crippen LogP contribution in [0.15, 0.2) is 18.2 Å². The molecule has 18 heavy (non-hydrogen) atoms. The standard InChI is InChI=1S/C14H22N4/c1-4-17(5-2)8-9-18-13-7-6-11(3)10-12(13)16-14(18)15/h6-7,10H,4-5,8-9H2,1-3H3,(H2,15,16). The molecular formula is C14H22N4. The molecule has 0 spiro atoms. The van der Waals surface area contributed by atoms with E-state index in [4.69, 9.17) is 5.73 Å². The van der Waals surface area contributed by atoms with Gasteiger partial charge in [0.05, 0.1) is 11.0 Å². The van der Waals surface area contributed by atoms with Crippen LogP contribution >= 0.6 is 0 Å². The van der Waals surface area contributed by atoms with E-state index >= 15 is 0 Å². The normalized spacial score (nSPS) is 11.6. The molecule has 98 valence electrons. The number of hydrogen-bond acceptors (Lipinski definition) is 3. The van der Waals surface area contributed by atoms with Gasteiger partial charge in [0.2, 0.25) is 5.95 Å². The number of imidazole rings is 1. The van der Waals surface area contributed by atoms with Gasteiger partial charge in [0.25, 0.3) is 0 Å². The van der Waals surface area contributed by atoms with Crippen molar-refractivity contribution in [1.29, 1.82) is 0 Å². The summed E-state index contributed by atoms with van der Waals surface area (Å²) in [5.74, 6) is 0.614. The Balaban J connectivity index is 2.24. The highest BCUT2D eigenvalue weighted by Crippen LogP contribution is 2.19. The van der Waals surface area contributed by atoms with Crippen LogP contribution in [0.1, 0.15) is 19.4 Å². The summed E-state index contributed by atoms with van der Waals surface area (Å²) in [7, 11) is 0. The molecule has 2 rings (SSSR count). The molecule has 4 nitrogen and oxygen atoms in total. The van der Waals surface area contributed by atoms with Crippen LogP contribution in [-0.4, -0.2) is 34.1 Å². The number of fused-ring (bicyclic) bond motifs is 1. The molecule has 0 amide bonds. The van der Waals surface area contributed by atoms with Gasteiger partial charge in [0.15, 0.2) is 0 Å². The second-order valence-electron chi connectivity index (χ2n) is 4.64. The van der Waals surface area contributed by atoms with E-state index in [0.29, 0.717) is 5.95 Å². The fraction of sp³-hybridized carbons (Fsp3) is 0.500. The van der Waals surface area contributed by atoms with Crippen LogP contribution in [0, 0.1) is 6.92 Å². The van der Waals surface area contributed by atoms with E-state index in [1.807, 2.05) is 0 Å². The van der Waals surface area contributed by atoms with Crippen molar-refractivity contribution in [1.82, 2.24) is 14.5 Å². The van der Waals surface area contributed by atoms with Gasteiger partial charge in [-0.3, -0.25) is 0 Å². The van der Waals surface area contributed by atoms with E-state index in [2.05, 4.69) is 53.4 Å². The largest absolute Gasteiger partial charge is 0.369 e. The zero-order valence-corrected chi connectivity index (χ0v) is 11.5. The monoisotopic (exact) mass is 246 g/mol. The number of nitrogen functional groups attached to an aromatic ring is 1. The van der Waals surface area contributed by atoms with Crippen molar-refractivity contribution in [3.63, 3.8) is 0 Å².